The van der Waals surface area contributed by atoms with E-state index in [2.05, 4.69) is 39.2 Å². The molecule has 3 N–H and O–H groups in total. The first-order valence-corrected chi connectivity index (χ1v) is 11.3. The molecule has 4 heterocycles. The van der Waals surface area contributed by atoms with Crippen LogP contribution in [0.5, 0.6) is 0 Å². The molecule has 1 aliphatic rings. The van der Waals surface area contributed by atoms with Crippen molar-refractivity contribution >= 4 is 17.5 Å². The van der Waals surface area contributed by atoms with E-state index in [1.54, 1.807) is 12.4 Å². The van der Waals surface area contributed by atoms with Crippen LogP contribution in [-0.4, -0.2) is 48.6 Å². The van der Waals surface area contributed by atoms with Gasteiger partial charge in [0.2, 0.25) is 11.9 Å². The van der Waals surface area contributed by atoms with E-state index >= 15 is 0 Å². The molecule has 3 aromatic heterocycles. The zero-order valence-electron chi connectivity index (χ0n) is 19.0. The number of nitrogens with two attached hydrogens (primary N) is 1. The van der Waals surface area contributed by atoms with Gasteiger partial charge in [-0.1, -0.05) is 6.07 Å². The molecule has 0 atom stereocenters. The highest BCUT2D eigenvalue weighted by Crippen LogP contribution is 2.30. The molecular formula is C25H26N8O. The Morgan fingerprint density at radius 1 is 1.18 bits per heavy atom. The van der Waals surface area contributed by atoms with E-state index in [0.29, 0.717) is 5.95 Å². The van der Waals surface area contributed by atoms with Gasteiger partial charge in [-0.2, -0.15) is 5.10 Å². The lowest BCUT2D eigenvalue weighted by Gasteiger charge is -2.28. The number of primary amides is 1. The summed E-state index contributed by atoms with van der Waals surface area (Å²) in [5.41, 5.74) is 12.2. The Labute approximate surface area is 197 Å². The van der Waals surface area contributed by atoms with Crippen molar-refractivity contribution < 1.29 is 4.79 Å². The predicted molar refractivity (Wildman–Crippen MR) is 130 cm³/mol. The van der Waals surface area contributed by atoms with E-state index in [4.69, 9.17) is 15.8 Å². The lowest BCUT2D eigenvalue weighted by molar-refractivity contribution is -0.119. The Morgan fingerprint density at radius 2 is 2.09 bits per heavy atom. The minimum Gasteiger partial charge on any atom is -0.369 e. The molecule has 1 aromatic carbocycles. The van der Waals surface area contributed by atoms with E-state index in [9.17, 15) is 4.79 Å². The van der Waals surface area contributed by atoms with Crippen molar-refractivity contribution in [2.75, 3.05) is 18.4 Å². The Hall–Kier alpha value is -4.11. The molecule has 172 valence electrons. The second-order valence-electron chi connectivity index (χ2n) is 8.29. The smallest absolute Gasteiger partial charge is 0.231 e. The van der Waals surface area contributed by atoms with Crippen molar-refractivity contribution in [1.82, 2.24) is 29.6 Å². The summed E-state index contributed by atoms with van der Waals surface area (Å²) in [5, 5.41) is 8.06. The van der Waals surface area contributed by atoms with Gasteiger partial charge in [-0.3, -0.25) is 19.4 Å². The number of hydrogen-bond donors (Lipinski definition) is 2. The van der Waals surface area contributed by atoms with Crippen LogP contribution in [0.3, 0.4) is 0 Å². The van der Waals surface area contributed by atoms with Crippen molar-refractivity contribution in [1.29, 1.82) is 0 Å². The average Bonchev–Trinajstić information content (AvgIpc) is 3.29. The lowest BCUT2D eigenvalue weighted by atomic mass is 9.99. The molecule has 5 rings (SSSR count). The second-order valence-corrected chi connectivity index (χ2v) is 8.29. The van der Waals surface area contributed by atoms with E-state index in [-0.39, 0.29) is 12.5 Å². The third-order valence-corrected chi connectivity index (χ3v) is 5.89. The summed E-state index contributed by atoms with van der Waals surface area (Å²) in [7, 11) is 0. The average molecular weight is 455 g/mol. The van der Waals surface area contributed by atoms with Gasteiger partial charge in [0.05, 0.1) is 12.2 Å². The van der Waals surface area contributed by atoms with E-state index < -0.39 is 0 Å². The van der Waals surface area contributed by atoms with Gasteiger partial charge in [0.15, 0.2) is 0 Å². The first kappa shape index (κ1) is 21.7. The monoisotopic (exact) mass is 454 g/mol. The van der Waals surface area contributed by atoms with Crippen LogP contribution in [0.25, 0.3) is 22.5 Å². The highest BCUT2D eigenvalue weighted by Gasteiger charge is 2.18. The molecule has 9 nitrogen and oxygen atoms in total. The molecule has 0 aliphatic carbocycles. The molecular weight excluding hydrogens is 428 g/mol. The summed E-state index contributed by atoms with van der Waals surface area (Å²) >= 11 is 0. The van der Waals surface area contributed by atoms with Gasteiger partial charge in [-0.25, -0.2) is 9.97 Å². The van der Waals surface area contributed by atoms with Gasteiger partial charge in [0.1, 0.15) is 5.69 Å². The molecule has 34 heavy (non-hydrogen) atoms. The van der Waals surface area contributed by atoms with Gasteiger partial charge < -0.3 is 11.1 Å². The fourth-order valence-electron chi connectivity index (χ4n) is 4.23. The fourth-order valence-corrected chi connectivity index (χ4v) is 4.23. The topological polar surface area (TPSA) is 115 Å². The van der Waals surface area contributed by atoms with E-state index in [0.717, 1.165) is 54.3 Å². The Kier molecular flexibility index (Phi) is 6.01. The number of hydrogen-bond acceptors (Lipinski definition) is 7. The molecule has 0 spiro atoms. The Bertz CT molecular complexity index is 1320. The zero-order chi connectivity index (χ0) is 23.5. The normalized spacial score (nSPS) is 13.4. The van der Waals surface area contributed by atoms with Crippen LogP contribution < -0.4 is 11.1 Å². The number of benzene rings is 1. The third kappa shape index (κ3) is 4.65. The van der Waals surface area contributed by atoms with Crippen LogP contribution >= 0.6 is 0 Å². The van der Waals surface area contributed by atoms with E-state index in [1.807, 2.05) is 41.3 Å². The minimum atomic E-state index is -0.296. The fraction of sp³-hybridized carbons (Fsp3) is 0.240. The number of amides is 1. The van der Waals surface area contributed by atoms with Crippen molar-refractivity contribution in [2.24, 2.45) is 5.73 Å². The summed E-state index contributed by atoms with van der Waals surface area (Å²) in [4.78, 5) is 26.7. The number of pyridine rings is 1. The Morgan fingerprint density at radius 3 is 2.88 bits per heavy atom. The number of aryl methyl sites for hydroxylation is 1. The maximum atomic E-state index is 11.2. The molecule has 0 unspecified atom stereocenters. The van der Waals surface area contributed by atoms with Gasteiger partial charge in [-0.05, 0) is 54.8 Å². The standard InChI is InChI=1S/C25H26N8O/c1-2-33-15-21(24(31-33)18-4-3-9-27-13-18)22-7-10-28-25(30-22)29-20-6-5-19-14-32(16-23(26)34)11-8-17(19)12-20/h3-7,9-10,12-13,15H,2,8,11,14,16H2,1H3,(H2,26,34)(H,28,29,30). The summed E-state index contributed by atoms with van der Waals surface area (Å²) in [6.45, 7) is 4.64. The number of carbonyl (C=O) groups excluding carboxylic acids is 1. The zero-order valence-corrected chi connectivity index (χ0v) is 19.0. The number of nitrogens with one attached hydrogen (secondary N) is 1. The van der Waals surface area contributed by atoms with Gasteiger partial charge in [0, 0.05) is 61.2 Å². The second kappa shape index (κ2) is 9.40. The molecule has 9 heteroatoms. The van der Waals surface area contributed by atoms with E-state index in [1.165, 1.54) is 11.1 Å². The molecule has 0 radical (unpaired) electrons. The van der Waals surface area contributed by atoms with Crippen LogP contribution in [0.4, 0.5) is 11.6 Å². The number of carbonyl (C=O) groups is 1. The maximum absolute atomic E-state index is 11.2. The maximum Gasteiger partial charge on any atom is 0.231 e. The minimum absolute atomic E-state index is 0.287. The molecule has 1 amide bonds. The Balaban J connectivity index is 1.39. The SMILES string of the molecule is CCn1cc(-c2ccnc(Nc3ccc4c(c3)CCN(CC(N)=O)C4)n2)c(-c2cccnc2)n1. The molecule has 0 saturated heterocycles. The predicted octanol–water partition coefficient (Wildman–Crippen LogP) is 3.01. The molecule has 0 fully saturated rings. The third-order valence-electron chi connectivity index (χ3n) is 5.89. The van der Waals surface area contributed by atoms with Crippen LogP contribution in [-0.2, 0) is 24.3 Å². The highest BCUT2D eigenvalue weighted by molar-refractivity contribution is 5.78. The van der Waals surface area contributed by atoms with Crippen molar-refractivity contribution in [3.05, 3.63) is 72.3 Å². The molecule has 1 aliphatic heterocycles. The summed E-state index contributed by atoms with van der Waals surface area (Å²) in [5.74, 6) is 0.222. The van der Waals surface area contributed by atoms with Crippen molar-refractivity contribution in [3.8, 4) is 22.5 Å². The summed E-state index contributed by atoms with van der Waals surface area (Å²) in [6, 6.07) is 12.0. The number of rotatable bonds is 7. The largest absolute Gasteiger partial charge is 0.369 e. The number of anilines is 2. The number of fused-ring (bicyclic) bond motifs is 1. The van der Waals surface area contributed by atoms with Crippen LogP contribution in [0.2, 0.25) is 0 Å². The quantitative estimate of drug-likeness (QED) is 0.441. The molecule has 0 bridgehead atoms. The van der Waals surface area contributed by atoms with Crippen LogP contribution in [0.15, 0.2) is 61.2 Å². The number of nitrogens with zero attached hydrogens (tertiary/aromatic N) is 6. The first-order chi connectivity index (χ1) is 16.6. The molecule has 0 saturated carbocycles. The van der Waals surface area contributed by atoms with Gasteiger partial charge in [-0.15, -0.1) is 0 Å². The van der Waals surface area contributed by atoms with Crippen molar-refractivity contribution in [2.45, 2.75) is 26.4 Å². The van der Waals surface area contributed by atoms with Crippen LogP contribution in [0.1, 0.15) is 18.1 Å². The van der Waals surface area contributed by atoms with Gasteiger partial charge in [0.25, 0.3) is 0 Å². The highest BCUT2D eigenvalue weighted by atomic mass is 16.1. The molecule has 4 aromatic rings. The number of aromatic nitrogens is 5. The first-order valence-electron chi connectivity index (χ1n) is 11.3. The van der Waals surface area contributed by atoms with Crippen molar-refractivity contribution in [3.63, 3.8) is 0 Å². The summed E-state index contributed by atoms with van der Waals surface area (Å²) in [6.07, 6.45) is 8.18. The van der Waals surface area contributed by atoms with Gasteiger partial charge >= 0.3 is 0 Å². The lowest BCUT2D eigenvalue weighted by Crippen LogP contribution is -2.37. The van der Waals surface area contributed by atoms with Crippen LogP contribution in [0, 0.1) is 0 Å². The summed E-state index contributed by atoms with van der Waals surface area (Å²) < 4.78 is 1.90.